The van der Waals surface area contributed by atoms with Crippen LogP contribution in [0.5, 0.6) is 5.75 Å². The number of carbonyl (C=O) groups is 4. The molecule has 2 aromatic carbocycles. The van der Waals surface area contributed by atoms with E-state index >= 15 is 0 Å². The molecule has 0 radical (unpaired) electrons. The molecule has 4 amide bonds. The molecule has 16 heteroatoms. The van der Waals surface area contributed by atoms with Gasteiger partial charge in [-0.1, -0.05) is 32.1 Å². The number of likely N-dealkylation sites (tertiary alicyclic amines) is 1. The van der Waals surface area contributed by atoms with Crippen LogP contribution in [0.15, 0.2) is 59.5 Å². The van der Waals surface area contributed by atoms with E-state index in [2.05, 4.69) is 21.9 Å². The number of sulfonamides is 1. The molecule has 4 aromatic rings. The average molecular weight is 790 g/mol. The molecule has 0 spiro atoms. The molecule has 5 atom stereocenters. The third kappa shape index (κ3) is 7.03. The number of alkyl carbamates (subject to hydrolysis) is 1. The van der Waals surface area contributed by atoms with Crippen molar-refractivity contribution in [3.05, 3.63) is 60.9 Å². The molecule has 8 rings (SSSR count). The lowest BCUT2D eigenvalue weighted by molar-refractivity contribution is -0.141. The molecule has 4 fully saturated rings. The summed E-state index contributed by atoms with van der Waals surface area (Å²) in [6.07, 6.45) is 3.95. The highest BCUT2D eigenvalue weighted by Gasteiger charge is 2.62. The van der Waals surface area contributed by atoms with Crippen molar-refractivity contribution in [3.63, 3.8) is 0 Å². The molecular weight excluding hydrogens is 746 g/mol. The Morgan fingerprint density at radius 1 is 1.05 bits per heavy atom. The quantitative estimate of drug-likeness (QED) is 0.165. The Bertz CT molecular complexity index is 2370. The summed E-state index contributed by atoms with van der Waals surface area (Å²) in [6.45, 7) is 7.18. The summed E-state index contributed by atoms with van der Waals surface area (Å²) in [5.74, 6) is -3.39. The second-order valence-electron chi connectivity index (χ2n) is 15.7. The van der Waals surface area contributed by atoms with Crippen molar-refractivity contribution in [2.75, 3.05) is 6.54 Å². The van der Waals surface area contributed by atoms with Crippen LogP contribution in [-0.2, 0) is 29.1 Å². The number of carbonyl (C=O) groups excluding carboxylic acids is 4. The number of furan rings is 1. The highest BCUT2D eigenvalue weighted by molar-refractivity contribution is 7.91. The molecule has 1 saturated heterocycles. The van der Waals surface area contributed by atoms with E-state index < -0.39 is 80.5 Å². The first-order valence-electron chi connectivity index (χ1n) is 19.1. The van der Waals surface area contributed by atoms with Gasteiger partial charge in [0.05, 0.1) is 17.3 Å². The number of amides is 4. The van der Waals surface area contributed by atoms with Gasteiger partial charge in [-0.2, -0.15) is 0 Å². The molecular formula is C40H44FN5O9S. The number of fused-ring (bicyclic) bond motifs is 4. The first-order valence-corrected chi connectivity index (χ1v) is 20.7. The van der Waals surface area contributed by atoms with Crippen LogP contribution in [0.4, 0.5) is 9.18 Å². The lowest BCUT2D eigenvalue weighted by Gasteiger charge is -2.31. The van der Waals surface area contributed by atoms with Crippen LogP contribution < -0.4 is 20.1 Å². The molecule has 0 bridgehead atoms. The van der Waals surface area contributed by atoms with Crippen molar-refractivity contribution in [3.8, 4) is 5.75 Å². The Morgan fingerprint density at radius 3 is 2.50 bits per heavy atom. The molecule has 56 heavy (non-hydrogen) atoms. The largest absolute Gasteiger partial charge is 0.484 e. The van der Waals surface area contributed by atoms with Crippen LogP contribution in [0.2, 0.25) is 0 Å². The molecule has 3 saturated carbocycles. The van der Waals surface area contributed by atoms with E-state index in [1.807, 2.05) is 18.2 Å². The predicted octanol–water partition coefficient (Wildman–Crippen LogP) is 4.98. The predicted molar refractivity (Wildman–Crippen MR) is 203 cm³/mol. The minimum absolute atomic E-state index is 0.0571. The van der Waals surface area contributed by atoms with Gasteiger partial charge in [-0.05, 0) is 75.1 Å². The standard InChI is InChI=1S/C40H44FN5O9S/c1-4-22-19-40(22,38(49)45-56(51,52)26-14-15-26)44-36(47)30-18-25(20-46(30)37(48)32(21(2)3)43-39(50)54-24-9-5-6-10-24)53-34-27-16-13-23(41)17-29(27)42-33-28-11-7-8-12-31(28)55-35(33)34/h4,7-8,11-13,16-17,21-22,24-26,30,32H,1,5-6,9-10,14-15,18-20H2,2-3H3,(H,43,50)(H,44,47)(H,45,49)/t22-,25-,30+,32+,40?/m1/s1. The number of pyridine rings is 1. The maximum Gasteiger partial charge on any atom is 0.408 e. The van der Waals surface area contributed by atoms with E-state index in [9.17, 15) is 32.0 Å². The number of hydrogen-bond donors (Lipinski definition) is 3. The maximum absolute atomic E-state index is 14.5. The number of para-hydroxylation sites is 1. The summed E-state index contributed by atoms with van der Waals surface area (Å²) < 4.78 is 60.7. The normalized spacial score (nSPS) is 24.4. The SMILES string of the molecule is C=C[C@@H]1CC1(NC(=O)[C@@H]1C[C@@H](Oc2c3ccc(F)cc3nc3c2oc2ccccc23)CN1C(=O)[C@@H](NC(=O)OC1CCCC1)C(C)C)C(=O)NS(=O)(=O)C1CC1. The number of nitrogens with zero attached hydrogens (tertiary/aromatic N) is 2. The Labute approximate surface area is 322 Å². The van der Waals surface area contributed by atoms with Crippen molar-refractivity contribution in [1.82, 2.24) is 25.2 Å². The Morgan fingerprint density at radius 2 is 1.80 bits per heavy atom. The van der Waals surface area contributed by atoms with E-state index in [1.54, 1.807) is 19.9 Å². The van der Waals surface area contributed by atoms with Gasteiger partial charge in [0.15, 0.2) is 11.3 Å². The Hall–Kier alpha value is -5.25. The third-order valence-corrected chi connectivity index (χ3v) is 13.2. The summed E-state index contributed by atoms with van der Waals surface area (Å²) in [5.41, 5.74) is -0.0210. The molecule has 296 valence electrons. The van der Waals surface area contributed by atoms with Gasteiger partial charge in [-0.25, -0.2) is 22.6 Å². The second-order valence-corrected chi connectivity index (χ2v) is 17.7. The summed E-state index contributed by atoms with van der Waals surface area (Å²) in [6, 6.07) is 9.01. The van der Waals surface area contributed by atoms with Crippen LogP contribution >= 0.6 is 0 Å². The number of nitrogens with one attached hydrogen (secondary N) is 3. The summed E-state index contributed by atoms with van der Waals surface area (Å²) >= 11 is 0. The molecule has 14 nitrogen and oxygen atoms in total. The van der Waals surface area contributed by atoms with Crippen molar-refractivity contribution in [1.29, 1.82) is 0 Å². The fourth-order valence-electron chi connectivity index (χ4n) is 8.02. The number of ether oxygens (including phenoxy) is 2. The first-order chi connectivity index (χ1) is 26.8. The maximum atomic E-state index is 14.5. The van der Waals surface area contributed by atoms with Crippen molar-refractivity contribution in [2.24, 2.45) is 11.8 Å². The highest BCUT2D eigenvalue weighted by atomic mass is 32.2. The topological polar surface area (TPSA) is 186 Å². The van der Waals surface area contributed by atoms with Crippen LogP contribution in [0.3, 0.4) is 0 Å². The molecule has 3 aliphatic carbocycles. The third-order valence-electron chi connectivity index (χ3n) is 11.4. The number of aromatic nitrogens is 1. The van der Waals surface area contributed by atoms with E-state index in [1.165, 1.54) is 29.2 Å². The van der Waals surface area contributed by atoms with Gasteiger partial charge in [0.25, 0.3) is 5.91 Å². The average Bonchev–Trinajstić information content (AvgIpc) is 3.98. The Balaban J connectivity index is 1.12. The van der Waals surface area contributed by atoms with Crippen LogP contribution in [0, 0.1) is 17.7 Å². The number of hydrogen-bond acceptors (Lipinski definition) is 10. The van der Waals surface area contributed by atoms with E-state index in [-0.39, 0.29) is 31.2 Å². The van der Waals surface area contributed by atoms with E-state index in [0.29, 0.717) is 45.8 Å². The lowest BCUT2D eigenvalue weighted by Crippen LogP contribution is -2.59. The zero-order valence-electron chi connectivity index (χ0n) is 31.1. The molecule has 3 N–H and O–H groups in total. The smallest absolute Gasteiger partial charge is 0.408 e. The van der Waals surface area contributed by atoms with Crippen LogP contribution in [-0.4, -0.2) is 83.7 Å². The van der Waals surface area contributed by atoms with Crippen LogP contribution in [0.1, 0.15) is 65.2 Å². The van der Waals surface area contributed by atoms with Gasteiger partial charge in [0.2, 0.25) is 21.8 Å². The van der Waals surface area contributed by atoms with Crippen molar-refractivity contribution in [2.45, 2.75) is 100 Å². The minimum Gasteiger partial charge on any atom is -0.484 e. The molecule has 2 aromatic heterocycles. The Kier molecular flexibility index (Phi) is 9.66. The number of benzene rings is 2. The van der Waals surface area contributed by atoms with E-state index in [0.717, 1.165) is 25.7 Å². The van der Waals surface area contributed by atoms with Gasteiger partial charge in [0.1, 0.15) is 46.7 Å². The highest BCUT2D eigenvalue weighted by Crippen LogP contribution is 2.46. The zero-order chi connectivity index (χ0) is 39.5. The number of halogens is 1. The summed E-state index contributed by atoms with van der Waals surface area (Å²) in [7, 11) is -3.93. The van der Waals surface area contributed by atoms with Crippen LogP contribution in [0.25, 0.3) is 33.0 Å². The fraction of sp³-hybridized carbons (Fsp3) is 0.475. The molecule has 1 aliphatic heterocycles. The molecule has 1 unspecified atom stereocenters. The molecule has 3 heterocycles. The van der Waals surface area contributed by atoms with E-state index in [4.69, 9.17) is 18.9 Å². The summed E-state index contributed by atoms with van der Waals surface area (Å²) in [4.78, 5) is 61.6. The van der Waals surface area contributed by atoms with Gasteiger partial charge in [-0.15, -0.1) is 6.58 Å². The first kappa shape index (κ1) is 37.7. The van der Waals surface area contributed by atoms with Gasteiger partial charge < -0.3 is 29.4 Å². The van der Waals surface area contributed by atoms with Crippen molar-refractivity contribution < 1.29 is 45.9 Å². The second kappa shape index (κ2) is 14.4. The van der Waals surface area contributed by atoms with Crippen molar-refractivity contribution >= 4 is 66.8 Å². The monoisotopic (exact) mass is 789 g/mol. The number of rotatable bonds is 12. The zero-order valence-corrected chi connectivity index (χ0v) is 31.9. The molecule has 4 aliphatic rings. The van der Waals surface area contributed by atoms with Gasteiger partial charge in [-0.3, -0.25) is 19.1 Å². The fourth-order valence-corrected chi connectivity index (χ4v) is 9.38. The minimum atomic E-state index is -3.93. The summed E-state index contributed by atoms with van der Waals surface area (Å²) in [5, 5.41) is 5.97. The van der Waals surface area contributed by atoms with Gasteiger partial charge in [0, 0.05) is 29.2 Å². The lowest BCUT2D eigenvalue weighted by atomic mass is 10.0. The van der Waals surface area contributed by atoms with Gasteiger partial charge >= 0.3 is 6.09 Å².